The number of hydrogen-bond donors (Lipinski definition) is 2. The first kappa shape index (κ1) is 12.8. The van der Waals surface area contributed by atoms with Crippen LogP contribution in [0.2, 0.25) is 0 Å². The lowest BCUT2D eigenvalue weighted by Gasteiger charge is -2.23. The van der Waals surface area contributed by atoms with Gasteiger partial charge in [-0.05, 0) is 26.0 Å². The molecule has 0 aromatic carbocycles. The van der Waals surface area contributed by atoms with Crippen molar-refractivity contribution < 1.29 is 14.3 Å². The van der Waals surface area contributed by atoms with Gasteiger partial charge in [-0.2, -0.15) is 0 Å². The topological polar surface area (TPSA) is 75.4 Å². The number of hydrogen-bond acceptors (Lipinski definition) is 5. The van der Waals surface area contributed by atoms with Gasteiger partial charge in [0.2, 0.25) is 5.76 Å². The SMILES string of the molecule is CC(C)(NCc1ccc(C(=O)O)o1)c1nccs1. The molecule has 18 heavy (non-hydrogen) atoms. The second kappa shape index (κ2) is 4.91. The highest BCUT2D eigenvalue weighted by Crippen LogP contribution is 2.22. The minimum atomic E-state index is -1.06. The molecule has 0 aliphatic rings. The van der Waals surface area contributed by atoms with E-state index in [9.17, 15) is 4.79 Å². The summed E-state index contributed by atoms with van der Waals surface area (Å²) >= 11 is 1.58. The van der Waals surface area contributed by atoms with Gasteiger partial charge in [-0.3, -0.25) is 5.32 Å². The third-order valence-corrected chi connectivity index (χ3v) is 3.64. The Morgan fingerprint density at radius 1 is 1.56 bits per heavy atom. The highest BCUT2D eigenvalue weighted by molar-refractivity contribution is 7.09. The first-order valence-corrected chi connectivity index (χ1v) is 6.34. The molecule has 0 aliphatic heterocycles. The van der Waals surface area contributed by atoms with Crippen LogP contribution in [-0.4, -0.2) is 16.1 Å². The summed E-state index contributed by atoms with van der Waals surface area (Å²) in [6.45, 7) is 4.50. The molecule has 0 unspecified atom stereocenters. The Hall–Kier alpha value is -1.66. The monoisotopic (exact) mass is 266 g/mol. The molecule has 2 aromatic rings. The lowest BCUT2D eigenvalue weighted by Crippen LogP contribution is -2.35. The van der Waals surface area contributed by atoms with Crippen LogP contribution < -0.4 is 5.32 Å². The molecule has 2 rings (SSSR count). The highest BCUT2D eigenvalue weighted by Gasteiger charge is 2.23. The van der Waals surface area contributed by atoms with Gasteiger partial charge in [-0.25, -0.2) is 9.78 Å². The number of aromatic nitrogens is 1. The Morgan fingerprint density at radius 3 is 2.89 bits per heavy atom. The molecular weight excluding hydrogens is 252 g/mol. The van der Waals surface area contributed by atoms with Crippen molar-refractivity contribution in [3.8, 4) is 0 Å². The average Bonchev–Trinajstić information content (AvgIpc) is 2.98. The van der Waals surface area contributed by atoms with Gasteiger partial charge in [0.05, 0.1) is 12.1 Å². The van der Waals surface area contributed by atoms with Crippen molar-refractivity contribution in [3.05, 3.63) is 40.2 Å². The van der Waals surface area contributed by atoms with E-state index in [1.807, 2.05) is 19.2 Å². The first-order chi connectivity index (χ1) is 8.49. The number of furan rings is 1. The van der Waals surface area contributed by atoms with Gasteiger partial charge in [0.15, 0.2) is 0 Å². The first-order valence-electron chi connectivity index (χ1n) is 5.46. The van der Waals surface area contributed by atoms with E-state index in [-0.39, 0.29) is 11.3 Å². The van der Waals surface area contributed by atoms with Crippen LogP contribution >= 0.6 is 11.3 Å². The summed E-state index contributed by atoms with van der Waals surface area (Å²) < 4.78 is 5.18. The van der Waals surface area contributed by atoms with Crippen LogP contribution in [0.3, 0.4) is 0 Å². The quantitative estimate of drug-likeness (QED) is 0.869. The van der Waals surface area contributed by atoms with Gasteiger partial charge in [0.1, 0.15) is 10.8 Å². The van der Waals surface area contributed by atoms with E-state index in [4.69, 9.17) is 9.52 Å². The van der Waals surface area contributed by atoms with Gasteiger partial charge in [-0.1, -0.05) is 0 Å². The summed E-state index contributed by atoms with van der Waals surface area (Å²) in [5, 5.41) is 14.9. The normalized spacial score (nSPS) is 11.7. The smallest absolute Gasteiger partial charge is 0.371 e. The van der Waals surface area contributed by atoms with E-state index in [2.05, 4.69) is 10.3 Å². The molecular formula is C12H14N2O3S. The van der Waals surface area contributed by atoms with Gasteiger partial charge in [0, 0.05) is 11.6 Å². The maximum absolute atomic E-state index is 10.7. The molecule has 2 heterocycles. The van der Waals surface area contributed by atoms with Crippen molar-refractivity contribution >= 4 is 17.3 Å². The van der Waals surface area contributed by atoms with E-state index in [0.717, 1.165) is 5.01 Å². The van der Waals surface area contributed by atoms with Gasteiger partial charge >= 0.3 is 5.97 Å². The number of thiazole rings is 1. The Balaban J connectivity index is 2.00. The molecule has 5 nitrogen and oxygen atoms in total. The minimum absolute atomic E-state index is 0.0427. The standard InChI is InChI=1S/C12H14N2O3S/c1-12(2,11-13-5-6-18-11)14-7-8-3-4-9(17-8)10(15)16/h3-6,14H,7H2,1-2H3,(H,15,16). The van der Waals surface area contributed by atoms with Crippen molar-refractivity contribution in [1.29, 1.82) is 0 Å². The van der Waals surface area contributed by atoms with Crippen molar-refractivity contribution in [1.82, 2.24) is 10.3 Å². The second-order valence-electron chi connectivity index (χ2n) is 4.39. The summed E-state index contributed by atoms with van der Waals surface area (Å²) in [6, 6.07) is 3.12. The van der Waals surface area contributed by atoms with E-state index >= 15 is 0 Å². The molecule has 0 saturated carbocycles. The van der Waals surface area contributed by atoms with Gasteiger partial charge < -0.3 is 9.52 Å². The third kappa shape index (κ3) is 2.77. The average molecular weight is 266 g/mol. The van der Waals surface area contributed by atoms with Crippen LogP contribution in [0.25, 0.3) is 0 Å². The predicted octanol–water partition coefficient (Wildman–Crippen LogP) is 2.46. The van der Waals surface area contributed by atoms with Crippen LogP contribution in [0.1, 0.15) is 35.2 Å². The molecule has 2 N–H and O–H groups in total. The second-order valence-corrected chi connectivity index (χ2v) is 5.28. The van der Waals surface area contributed by atoms with Gasteiger partial charge in [-0.15, -0.1) is 11.3 Å². The summed E-state index contributed by atoms with van der Waals surface area (Å²) in [5.74, 6) is -0.503. The molecule has 0 saturated heterocycles. The number of carboxylic acid groups (broad SMARTS) is 1. The summed E-state index contributed by atoms with van der Waals surface area (Å²) in [4.78, 5) is 14.9. The van der Waals surface area contributed by atoms with E-state index in [1.165, 1.54) is 6.07 Å². The Kier molecular flexibility index (Phi) is 3.49. The summed E-state index contributed by atoms with van der Waals surface area (Å²) in [5.41, 5.74) is -0.273. The zero-order valence-corrected chi connectivity index (χ0v) is 11.0. The van der Waals surface area contributed by atoms with E-state index in [1.54, 1.807) is 23.6 Å². The third-order valence-electron chi connectivity index (χ3n) is 2.54. The van der Waals surface area contributed by atoms with Crippen LogP contribution in [-0.2, 0) is 12.1 Å². The van der Waals surface area contributed by atoms with E-state index < -0.39 is 5.97 Å². The maximum Gasteiger partial charge on any atom is 0.371 e. The van der Waals surface area contributed by atoms with E-state index in [0.29, 0.717) is 12.3 Å². The molecule has 2 aromatic heterocycles. The molecule has 0 atom stereocenters. The lowest BCUT2D eigenvalue weighted by molar-refractivity contribution is 0.0660. The molecule has 96 valence electrons. The highest BCUT2D eigenvalue weighted by atomic mass is 32.1. The number of rotatable bonds is 5. The Labute approximate surface area is 108 Å². The number of carboxylic acids is 1. The largest absolute Gasteiger partial charge is 0.475 e. The number of nitrogens with zero attached hydrogens (tertiary/aromatic N) is 1. The summed E-state index contributed by atoms with van der Waals surface area (Å²) in [6.07, 6.45) is 1.76. The minimum Gasteiger partial charge on any atom is -0.475 e. The molecule has 0 fully saturated rings. The zero-order chi connectivity index (χ0) is 13.2. The molecule has 0 radical (unpaired) electrons. The molecule has 0 spiro atoms. The number of aromatic carboxylic acids is 1. The van der Waals surface area contributed by atoms with Crippen LogP contribution in [0, 0.1) is 0 Å². The molecule has 0 aliphatic carbocycles. The van der Waals surface area contributed by atoms with Crippen molar-refractivity contribution in [3.63, 3.8) is 0 Å². The fraction of sp³-hybridized carbons (Fsp3) is 0.333. The van der Waals surface area contributed by atoms with Crippen molar-refractivity contribution in [2.75, 3.05) is 0 Å². The number of carbonyl (C=O) groups is 1. The van der Waals surface area contributed by atoms with Gasteiger partial charge in [0.25, 0.3) is 0 Å². The molecule has 0 bridgehead atoms. The maximum atomic E-state index is 10.7. The molecule has 0 amide bonds. The molecule has 6 heteroatoms. The fourth-order valence-electron chi connectivity index (χ4n) is 1.50. The Morgan fingerprint density at radius 2 is 2.33 bits per heavy atom. The van der Waals surface area contributed by atoms with Crippen LogP contribution in [0.5, 0.6) is 0 Å². The summed E-state index contributed by atoms with van der Waals surface area (Å²) in [7, 11) is 0. The fourth-order valence-corrected chi connectivity index (χ4v) is 2.24. The number of nitrogens with one attached hydrogen (secondary N) is 1. The Bertz CT molecular complexity index is 531. The van der Waals surface area contributed by atoms with Crippen molar-refractivity contribution in [2.45, 2.75) is 25.9 Å². The predicted molar refractivity (Wildman–Crippen MR) is 67.6 cm³/mol. The van der Waals surface area contributed by atoms with Crippen molar-refractivity contribution in [2.24, 2.45) is 0 Å². The lowest BCUT2D eigenvalue weighted by atomic mass is 10.1. The van der Waals surface area contributed by atoms with Crippen LogP contribution in [0.15, 0.2) is 28.1 Å². The zero-order valence-electron chi connectivity index (χ0n) is 10.1. The van der Waals surface area contributed by atoms with Crippen LogP contribution in [0.4, 0.5) is 0 Å².